The van der Waals surface area contributed by atoms with Gasteiger partial charge in [0.2, 0.25) is 0 Å². The highest BCUT2D eigenvalue weighted by atomic mass is 35.5. The molecule has 0 aromatic heterocycles. The molecule has 0 radical (unpaired) electrons. The summed E-state index contributed by atoms with van der Waals surface area (Å²) in [7, 11) is 0. The van der Waals surface area contributed by atoms with Gasteiger partial charge in [-0.1, -0.05) is 11.6 Å². The Labute approximate surface area is 78.0 Å². The SMILES string of the molecule is N/N=C(/N)c1cc(F)c(Cl)cc1F. The van der Waals surface area contributed by atoms with E-state index in [0.717, 1.165) is 12.1 Å². The molecular formula is C7H6ClF2N3. The maximum Gasteiger partial charge on any atom is 0.153 e. The molecule has 1 rings (SSSR count). The molecular weight excluding hydrogens is 200 g/mol. The normalized spacial score (nSPS) is 11.8. The lowest BCUT2D eigenvalue weighted by Crippen LogP contribution is -2.17. The predicted octanol–water partition coefficient (Wildman–Crippen LogP) is 1.20. The number of amidine groups is 1. The maximum absolute atomic E-state index is 13.0. The van der Waals surface area contributed by atoms with Gasteiger partial charge in [0.15, 0.2) is 5.84 Å². The lowest BCUT2D eigenvalue weighted by atomic mass is 10.2. The molecule has 70 valence electrons. The van der Waals surface area contributed by atoms with Crippen LogP contribution in [0, 0.1) is 11.6 Å². The van der Waals surface area contributed by atoms with Crippen LogP contribution in [0.3, 0.4) is 0 Å². The number of nitrogens with zero attached hydrogens (tertiary/aromatic N) is 1. The summed E-state index contributed by atoms with van der Waals surface area (Å²) in [6.45, 7) is 0. The molecule has 0 unspecified atom stereocenters. The number of hydrogen-bond acceptors (Lipinski definition) is 2. The van der Waals surface area contributed by atoms with E-state index in [4.69, 9.17) is 23.2 Å². The second kappa shape index (κ2) is 3.57. The molecule has 1 aromatic carbocycles. The molecule has 13 heavy (non-hydrogen) atoms. The Balaban J connectivity index is 3.32. The highest BCUT2D eigenvalue weighted by molar-refractivity contribution is 6.30. The molecule has 3 nitrogen and oxygen atoms in total. The fourth-order valence-corrected chi connectivity index (χ4v) is 0.939. The molecule has 0 fully saturated rings. The Bertz CT molecular complexity index is 365. The molecule has 0 aliphatic carbocycles. The quantitative estimate of drug-likeness (QED) is 0.238. The first kappa shape index (κ1) is 9.73. The summed E-state index contributed by atoms with van der Waals surface area (Å²) in [5, 5.41) is 2.72. The van der Waals surface area contributed by atoms with Crippen molar-refractivity contribution < 1.29 is 8.78 Å². The largest absolute Gasteiger partial charge is 0.382 e. The van der Waals surface area contributed by atoms with Gasteiger partial charge in [0.1, 0.15) is 11.6 Å². The van der Waals surface area contributed by atoms with E-state index in [-0.39, 0.29) is 16.4 Å². The number of nitrogens with two attached hydrogens (primary N) is 2. The van der Waals surface area contributed by atoms with E-state index in [2.05, 4.69) is 5.10 Å². The third-order valence-electron chi connectivity index (χ3n) is 1.43. The van der Waals surface area contributed by atoms with Crippen LogP contribution in [0.4, 0.5) is 8.78 Å². The van der Waals surface area contributed by atoms with Gasteiger partial charge in [-0.2, -0.15) is 5.10 Å². The molecule has 0 aliphatic rings. The van der Waals surface area contributed by atoms with Crippen LogP contribution < -0.4 is 11.6 Å². The van der Waals surface area contributed by atoms with E-state index in [9.17, 15) is 8.78 Å². The van der Waals surface area contributed by atoms with Gasteiger partial charge in [0.25, 0.3) is 0 Å². The smallest absolute Gasteiger partial charge is 0.153 e. The predicted molar refractivity (Wildman–Crippen MR) is 46.3 cm³/mol. The summed E-state index contributed by atoms with van der Waals surface area (Å²) in [4.78, 5) is 0. The van der Waals surface area contributed by atoms with Crippen LogP contribution in [0.1, 0.15) is 5.56 Å². The zero-order chi connectivity index (χ0) is 10.0. The summed E-state index contributed by atoms with van der Waals surface area (Å²) in [6.07, 6.45) is 0. The van der Waals surface area contributed by atoms with Gasteiger partial charge in [-0.15, -0.1) is 0 Å². The molecule has 1 aromatic rings. The van der Waals surface area contributed by atoms with Crippen LogP contribution >= 0.6 is 11.6 Å². The molecule has 0 amide bonds. The van der Waals surface area contributed by atoms with Crippen molar-refractivity contribution in [1.29, 1.82) is 0 Å². The van der Waals surface area contributed by atoms with E-state index in [1.165, 1.54) is 0 Å². The minimum Gasteiger partial charge on any atom is -0.382 e. The van der Waals surface area contributed by atoms with Gasteiger partial charge in [0.05, 0.1) is 10.6 Å². The van der Waals surface area contributed by atoms with Crippen LogP contribution in [0.2, 0.25) is 5.02 Å². The van der Waals surface area contributed by atoms with Crippen molar-refractivity contribution in [2.75, 3.05) is 0 Å². The van der Waals surface area contributed by atoms with E-state index in [1.54, 1.807) is 0 Å². The van der Waals surface area contributed by atoms with E-state index < -0.39 is 11.6 Å². The minimum atomic E-state index is -0.773. The summed E-state index contributed by atoms with van der Waals surface area (Å²) in [5.41, 5.74) is 4.99. The Morgan fingerprint density at radius 3 is 2.46 bits per heavy atom. The second-order valence-electron chi connectivity index (χ2n) is 2.26. The molecule has 0 atom stereocenters. The average Bonchev–Trinajstić information content (AvgIpc) is 2.10. The lowest BCUT2D eigenvalue weighted by molar-refractivity contribution is 0.598. The Morgan fingerprint density at radius 1 is 1.31 bits per heavy atom. The molecule has 0 heterocycles. The van der Waals surface area contributed by atoms with Crippen LogP contribution in [-0.4, -0.2) is 5.84 Å². The third-order valence-corrected chi connectivity index (χ3v) is 1.71. The van der Waals surface area contributed by atoms with Gasteiger partial charge in [-0.3, -0.25) is 0 Å². The number of rotatable bonds is 1. The first-order chi connectivity index (χ1) is 6.06. The number of halogens is 3. The average molecular weight is 206 g/mol. The van der Waals surface area contributed by atoms with Crippen molar-refractivity contribution in [2.24, 2.45) is 16.7 Å². The number of hydrogen-bond donors (Lipinski definition) is 2. The number of benzene rings is 1. The number of hydrazone groups is 1. The van der Waals surface area contributed by atoms with Gasteiger partial charge >= 0.3 is 0 Å². The van der Waals surface area contributed by atoms with Crippen LogP contribution in [-0.2, 0) is 0 Å². The van der Waals surface area contributed by atoms with Crippen LogP contribution in [0.25, 0.3) is 0 Å². The standard InChI is InChI=1S/C7H6ClF2N3/c8-4-2-5(9)3(1-6(4)10)7(11)13-12/h1-2H,12H2,(H2,11,13). The van der Waals surface area contributed by atoms with Gasteiger partial charge in [-0.05, 0) is 12.1 Å². The fraction of sp³-hybridized carbons (Fsp3) is 0. The first-order valence-electron chi connectivity index (χ1n) is 3.24. The van der Waals surface area contributed by atoms with E-state index >= 15 is 0 Å². The zero-order valence-electron chi connectivity index (χ0n) is 6.39. The topological polar surface area (TPSA) is 64.4 Å². The van der Waals surface area contributed by atoms with Crippen molar-refractivity contribution in [3.8, 4) is 0 Å². The van der Waals surface area contributed by atoms with Crippen molar-refractivity contribution in [3.63, 3.8) is 0 Å². The van der Waals surface area contributed by atoms with Gasteiger partial charge < -0.3 is 11.6 Å². The summed E-state index contributed by atoms with van der Waals surface area (Å²) >= 11 is 5.31. The first-order valence-corrected chi connectivity index (χ1v) is 3.62. The minimum absolute atomic E-state index is 0.204. The molecule has 0 spiro atoms. The molecule has 0 saturated carbocycles. The third kappa shape index (κ3) is 1.86. The molecule has 0 aliphatic heterocycles. The van der Waals surface area contributed by atoms with Crippen LogP contribution in [0.5, 0.6) is 0 Å². The molecule has 6 heteroatoms. The summed E-state index contributed by atoms with van der Waals surface area (Å²) in [6, 6.07) is 1.65. The Morgan fingerprint density at radius 2 is 1.92 bits per heavy atom. The Kier molecular flexibility index (Phi) is 2.67. The van der Waals surface area contributed by atoms with Crippen LogP contribution in [0.15, 0.2) is 17.2 Å². The summed E-state index contributed by atoms with van der Waals surface area (Å²) < 4.78 is 25.8. The summed E-state index contributed by atoms with van der Waals surface area (Å²) in [5.74, 6) is 2.98. The molecule has 4 N–H and O–H groups in total. The molecule has 0 saturated heterocycles. The van der Waals surface area contributed by atoms with Crippen molar-refractivity contribution in [1.82, 2.24) is 0 Å². The van der Waals surface area contributed by atoms with Crippen molar-refractivity contribution in [2.45, 2.75) is 0 Å². The monoisotopic (exact) mass is 205 g/mol. The zero-order valence-corrected chi connectivity index (χ0v) is 7.15. The highest BCUT2D eigenvalue weighted by Crippen LogP contribution is 2.18. The second-order valence-corrected chi connectivity index (χ2v) is 2.67. The highest BCUT2D eigenvalue weighted by Gasteiger charge is 2.10. The Hall–Kier alpha value is -1.36. The van der Waals surface area contributed by atoms with E-state index in [1.807, 2.05) is 0 Å². The lowest BCUT2D eigenvalue weighted by Gasteiger charge is -2.02. The van der Waals surface area contributed by atoms with E-state index in [0.29, 0.717) is 0 Å². The van der Waals surface area contributed by atoms with Gasteiger partial charge in [-0.25, -0.2) is 8.78 Å². The molecule has 0 bridgehead atoms. The maximum atomic E-state index is 13.0. The van der Waals surface area contributed by atoms with Crippen molar-refractivity contribution in [3.05, 3.63) is 34.4 Å². The van der Waals surface area contributed by atoms with Gasteiger partial charge in [0, 0.05) is 0 Å². The fourth-order valence-electron chi connectivity index (χ4n) is 0.788. The van der Waals surface area contributed by atoms with Crippen molar-refractivity contribution >= 4 is 17.4 Å².